The minimum atomic E-state index is -3.08. The van der Waals surface area contributed by atoms with Gasteiger partial charge in [0.2, 0.25) is 11.8 Å². The van der Waals surface area contributed by atoms with Crippen LogP contribution in [0.2, 0.25) is 0 Å². The zero-order valence-electron chi connectivity index (χ0n) is 53.3. The summed E-state index contributed by atoms with van der Waals surface area (Å²) in [7, 11) is 0. The van der Waals surface area contributed by atoms with Crippen LogP contribution in [-0.4, -0.2) is 215 Å². The van der Waals surface area contributed by atoms with Crippen molar-refractivity contribution in [1.82, 2.24) is 10.6 Å². The normalized spacial score (nSPS) is 29.1. The summed E-state index contributed by atoms with van der Waals surface area (Å²) in [6.07, 6.45) is 15.1. The minimum absolute atomic E-state index is 0.200. The maximum absolute atomic E-state index is 13.4. The maximum atomic E-state index is 13.4. The molecule has 3 aliphatic rings. The summed E-state index contributed by atoms with van der Waals surface area (Å²) in [5.41, 5.74) is 0. The molecular weight excluding hydrogens is 1140 g/mol. The van der Waals surface area contributed by atoms with Gasteiger partial charge >= 0.3 is 5.97 Å². The Kier molecular flexibility index (Phi) is 41.8. The van der Waals surface area contributed by atoms with E-state index >= 15 is 0 Å². The standard InChI is InChI=1S/C65H118N2O21/c1-4-6-8-10-12-14-16-18-19-20-21-22-23-24-25-27-29-31-33-35-37-39-52(75)67-46(47(72)38-36-34-32-30-28-26-17-15-13-11-9-7-5-2)44-83-62-57(79)56(78)59(51(43-70)85-62)86-63-58(80)61(55(77)50(42-69)84-63)88-65(64(81)82)40-48(73)53(66-45(3)71)60(87-65)54(76)49(74)41-68/h18-19,36,38,46-51,53-63,68-70,72-74,76-80H,4-17,20-35,37,39-44H2,1-3H3,(H,66,71)(H,67,75)(H,81,82)/b19-18-,38-36+/t46-,47+,48?,49+,50?,51?,53+,54+,55-,56+,57?,58?,59+,60?,61-,62+,63-,65-/m0/s1. The molecule has 88 heavy (non-hydrogen) atoms. The third-order valence-electron chi connectivity index (χ3n) is 17.1. The van der Waals surface area contributed by atoms with Crippen molar-refractivity contribution in [3.8, 4) is 0 Å². The van der Waals surface area contributed by atoms with Gasteiger partial charge in [0.1, 0.15) is 67.1 Å². The number of carboxylic acid groups (broad SMARTS) is 1. The molecule has 0 saturated carbocycles. The van der Waals surface area contributed by atoms with Crippen LogP contribution in [0.4, 0.5) is 0 Å². The molecule has 3 fully saturated rings. The predicted molar refractivity (Wildman–Crippen MR) is 329 cm³/mol. The van der Waals surface area contributed by atoms with E-state index in [1.807, 2.05) is 6.08 Å². The van der Waals surface area contributed by atoms with Gasteiger partial charge < -0.3 is 100 Å². The molecule has 0 aromatic heterocycles. The number of nitrogens with one attached hydrogen (secondary N) is 2. The number of hydrogen-bond acceptors (Lipinski definition) is 20. The van der Waals surface area contributed by atoms with Crippen LogP contribution < -0.4 is 10.6 Å². The Bertz CT molecular complexity index is 1890. The van der Waals surface area contributed by atoms with Crippen molar-refractivity contribution < 1.29 is 104 Å². The van der Waals surface area contributed by atoms with Gasteiger partial charge in [-0.3, -0.25) is 9.59 Å². The predicted octanol–water partition coefficient (Wildman–Crippen LogP) is 5.28. The lowest BCUT2D eigenvalue weighted by molar-refractivity contribution is -0.386. The summed E-state index contributed by atoms with van der Waals surface area (Å²) in [6.45, 7) is 2.11. The summed E-state index contributed by atoms with van der Waals surface area (Å²) in [4.78, 5) is 38.5. The third-order valence-corrected chi connectivity index (χ3v) is 17.1. The molecule has 3 rings (SSSR count). The van der Waals surface area contributed by atoms with Crippen LogP contribution in [0, 0.1) is 0 Å². The van der Waals surface area contributed by atoms with Crippen LogP contribution >= 0.6 is 0 Å². The number of carbonyl (C=O) groups excluding carboxylic acids is 2. The summed E-state index contributed by atoms with van der Waals surface area (Å²) < 4.78 is 34.7. The van der Waals surface area contributed by atoms with Gasteiger partial charge in [-0.25, -0.2) is 4.79 Å². The molecule has 514 valence electrons. The number of ether oxygens (including phenoxy) is 6. The first-order valence-corrected chi connectivity index (χ1v) is 33.7. The quantitative estimate of drug-likeness (QED) is 0.0272. The summed E-state index contributed by atoms with van der Waals surface area (Å²) >= 11 is 0. The number of rotatable bonds is 50. The van der Waals surface area contributed by atoms with Gasteiger partial charge in [-0.15, -0.1) is 0 Å². The minimum Gasteiger partial charge on any atom is -0.477 e. The Morgan fingerprint density at radius 3 is 1.55 bits per heavy atom. The SMILES string of the molecule is CCCCCCCC/C=C\CCCCCCCCCCCCCC(=O)N[C@@H](CO[C@@H]1OC(CO)[C@@H](O[C@@H]2OC(CO)[C@H](O)[C@H](O[C@]3(C(=O)O)CC(O)[C@@H](NC(C)=O)C([C@H](O)[C@H](O)CO)O3)C2O)[C@H](O)C1O)[C@H](O)/C=C/CCCCCCCCCCCCC. The Morgan fingerprint density at radius 2 is 1.07 bits per heavy atom. The van der Waals surface area contributed by atoms with E-state index in [1.54, 1.807) is 6.08 Å². The number of hydrogen-bond donors (Lipinski definition) is 14. The second-order valence-corrected chi connectivity index (χ2v) is 24.7. The number of aliphatic carboxylic acids is 1. The molecule has 2 amide bonds. The topological polar surface area (TPSA) is 373 Å². The van der Waals surface area contributed by atoms with Gasteiger partial charge in [0.15, 0.2) is 12.6 Å². The van der Waals surface area contributed by atoms with Gasteiger partial charge in [-0.1, -0.05) is 192 Å². The monoisotopic (exact) mass is 1260 g/mol. The first kappa shape index (κ1) is 79.4. The van der Waals surface area contributed by atoms with Crippen molar-refractivity contribution in [3.63, 3.8) is 0 Å². The molecule has 6 unspecified atom stereocenters. The van der Waals surface area contributed by atoms with Crippen LogP contribution in [0.25, 0.3) is 0 Å². The van der Waals surface area contributed by atoms with Gasteiger partial charge in [0.25, 0.3) is 5.79 Å². The van der Waals surface area contributed by atoms with Crippen LogP contribution in [-0.2, 0) is 42.8 Å². The molecule has 18 atom stereocenters. The Balaban J connectivity index is 1.60. The van der Waals surface area contributed by atoms with Crippen LogP contribution in [0.3, 0.4) is 0 Å². The van der Waals surface area contributed by atoms with Crippen molar-refractivity contribution in [2.45, 2.75) is 342 Å². The van der Waals surface area contributed by atoms with E-state index in [1.165, 1.54) is 141 Å². The average Bonchev–Trinajstić information content (AvgIpc) is 0.825. The zero-order valence-corrected chi connectivity index (χ0v) is 53.3. The third kappa shape index (κ3) is 29.0. The van der Waals surface area contributed by atoms with Crippen LogP contribution in [0.15, 0.2) is 24.3 Å². The Hall–Kier alpha value is -2.79. The van der Waals surface area contributed by atoms with Crippen LogP contribution in [0.5, 0.6) is 0 Å². The van der Waals surface area contributed by atoms with Crippen molar-refractivity contribution >= 4 is 17.8 Å². The van der Waals surface area contributed by atoms with Gasteiger partial charge in [0.05, 0.1) is 50.7 Å². The number of allylic oxidation sites excluding steroid dienone is 3. The highest BCUT2D eigenvalue weighted by atomic mass is 16.8. The number of amides is 2. The molecule has 0 bridgehead atoms. The van der Waals surface area contributed by atoms with Crippen molar-refractivity contribution in [3.05, 3.63) is 24.3 Å². The lowest BCUT2D eigenvalue weighted by Gasteiger charge is -2.50. The highest BCUT2D eigenvalue weighted by molar-refractivity contribution is 5.77. The van der Waals surface area contributed by atoms with E-state index in [-0.39, 0.29) is 12.3 Å². The molecule has 3 heterocycles. The summed E-state index contributed by atoms with van der Waals surface area (Å²) in [5, 5.41) is 136. The van der Waals surface area contributed by atoms with E-state index in [2.05, 4.69) is 36.6 Å². The summed E-state index contributed by atoms with van der Waals surface area (Å²) in [5.74, 6) is -6.14. The van der Waals surface area contributed by atoms with Crippen molar-refractivity contribution in [2.75, 3.05) is 26.4 Å². The molecule has 23 heteroatoms. The number of unbranched alkanes of at least 4 members (excludes halogenated alkanes) is 28. The fourth-order valence-corrected chi connectivity index (χ4v) is 11.7. The van der Waals surface area contributed by atoms with E-state index < -0.39 is 155 Å². The second-order valence-electron chi connectivity index (χ2n) is 24.7. The number of aliphatic hydroxyl groups excluding tert-OH is 11. The molecule has 3 aliphatic heterocycles. The fraction of sp³-hybridized carbons (Fsp3) is 0.892. The lowest BCUT2D eigenvalue weighted by Crippen LogP contribution is -2.70. The molecule has 23 nitrogen and oxygen atoms in total. The van der Waals surface area contributed by atoms with E-state index in [0.29, 0.717) is 12.8 Å². The fourth-order valence-electron chi connectivity index (χ4n) is 11.7. The number of carboxylic acids is 1. The summed E-state index contributed by atoms with van der Waals surface area (Å²) in [6, 6.07) is -2.62. The van der Waals surface area contributed by atoms with Gasteiger partial charge in [-0.05, 0) is 44.9 Å². The Morgan fingerprint density at radius 1 is 0.591 bits per heavy atom. The molecule has 14 N–H and O–H groups in total. The van der Waals surface area contributed by atoms with Crippen molar-refractivity contribution in [1.29, 1.82) is 0 Å². The molecular formula is C65H118N2O21. The first-order valence-electron chi connectivity index (χ1n) is 33.7. The highest BCUT2D eigenvalue weighted by Crippen LogP contribution is 2.39. The average molecular weight is 1260 g/mol. The molecule has 3 saturated heterocycles. The smallest absolute Gasteiger partial charge is 0.364 e. The van der Waals surface area contributed by atoms with E-state index in [4.69, 9.17) is 28.4 Å². The van der Waals surface area contributed by atoms with E-state index in [9.17, 15) is 75.7 Å². The molecule has 0 radical (unpaired) electrons. The van der Waals surface area contributed by atoms with Crippen LogP contribution in [0.1, 0.15) is 233 Å². The van der Waals surface area contributed by atoms with Gasteiger partial charge in [-0.2, -0.15) is 0 Å². The number of aliphatic hydroxyl groups is 11. The number of carbonyl (C=O) groups is 3. The largest absolute Gasteiger partial charge is 0.477 e. The first-order chi connectivity index (χ1) is 42.4. The molecule has 0 aromatic carbocycles. The Labute approximate surface area is 523 Å². The highest BCUT2D eigenvalue weighted by Gasteiger charge is 2.60. The molecule has 0 spiro atoms. The van der Waals surface area contributed by atoms with Crippen molar-refractivity contribution in [2.24, 2.45) is 0 Å². The molecule has 0 aliphatic carbocycles. The lowest BCUT2D eigenvalue weighted by atomic mass is 9.88. The zero-order chi connectivity index (χ0) is 64.7. The molecule has 0 aromatic rings. The maximum Gasteiger partial charge on any atom is 0.364 e. The van der Waals surface area contributed by atoms with E-state index in [0.717, 1.165) is 51.9 Å². The second kappa shape index (κ2) is 46.3. The van der Waals surface area contributed by atoms with Gasteiger partial charge in [0, 0.05) is 19.8 Å².